The largest absolute Gasteiger partial charge is 0.349 e. The van der Waals surface area contributed by atoms with E-state index in [9.17, 15) is 14.0 Å². The van der Waals surface area contributed by atoms with Crippen LogP contribution in [0.4, 0.5) is 4.39 Å². The number of amides is 2. The molecule has 0 unspecified atom stereocenters. The second-order valence-corrected chi connectivity index (χ2v) is 8.06. The Kier molecular flexibility index (Phi) is 8.75. The first kappa shape index (κ1) is 23.4. The highest BCUT2D eigenvalue weighted by Gasteiger charge is 2.18. The number of nitrogens with one attached hydrogen (secondary N) is 2. The minimum Gasteiger partial charge on any atom is -0.349 e. The third-order valence-electron chi connectivity index (χ3n) is 5.63. The smallest absolute Gasteiger partial charge is 0.267 e. The topological polar surface area (TPSA) is 78.4 Å². The van der Waals surface area contributed by atoms with E-state index in [4.69, 9.17) is 5.21 Å². The maximum atomic E-state index is 13.5. The summed E-state index contributed by atoms with van der Waals surface area (Å²) in [6.07, 6.45) is 12.4. The molecule has 0 heterocycles. The van der Waals surface area contributed by atoms with Gasteiger partial charge in [-0.05, 0) is 53.8 Å². The van der Waals surface area contributed by atoms with Gasteiger partial charge >= 0.3 is 0 Å². The Morgan fingerprint density at radius 2 is 1.47 bits per heavy atom. The summed E-state index contributed by atoms with van der Waals surface area (Å²) in [4.78, 5) is 24.4. The Hall–Kier alpha value is -3.25. The summed E-state index contributed by atoms with van der Waals surface area (Å²) in [7, 11) is 0. The van der Waals surface area contributed by atoms with Crippen molar-refractivity contribution in [2.75, 3.05) is 0 Å². The van der Waals surface area contributed by atoms with Crippen molar-refractivity contribution in [3.8, 4) is 0 Å². The maximum Gasteiger partial charge on any atom is 0.267 e. The molecule has 0 spiro atoms. The first-order valence-electron chi connectivity index (χ1n) is 11.1. The molecule has 1 aliphatic rings. The number of hydrogen-bond donors (Lipinski definition) is 3. The fourth-order valence-electron chi connectivity index (χ4n) is 3.85. The van der Waals surface area contributed by atoms with Gasteiger partial charge in [0.2, 0.25) is 0 Å². The standard InChI is InChI=1S/C26H29FN2O3/c27-22-15-13-21(14-16-22)24(26(31)28-23-6-4-2-1-3-5-7-23)18-20-10-8-19(9-11-20)12-17-25(30)29-32/h8-18,23,32H,1-7H2,(H,28,31)(H,29,30)/b17-12+,24-18-. The molecule has 2 amide bonds. The quantitative estimate of drug-likeness (QED) is 0.255. The van der Waals surface area contributed by atoms with Crippen molar-refractivity contribution in [2.45, 2.75) is 51.0 Å². The number of halogens is 1. The molecule has 5 nitrogen and oxygen atoms in total. The van der Waals surface area contributed by atoms with Gasteiger partial charge in [0.05, 0.1) is 0 Å². The molecule has 1 fully saturated rings. The minimum absolute atomic E-state index is 0.150. The van der Waals surface area contributed by atoms with Crippen LogP contribution in [0.25, 0.3) is 17.7 Å². The molecule has 6 heteroatoms. The van der Waals surface area contributed by atoms with Crippen molar-refractivity contribution in [1.82, 2.24) is 10.8 Å². The number of benzene rings is 2. The van der Waals surface area contributed by atoms with Crippen LogP contribution in [-0.4, -0.2) is 23.1 Å². The lowest BCUT2D eigenvalue weighted by Gasteiger charge is -2.22. The number of hydrogen-bond acceptors (Lipinski definition) is 3. The average Bonchev–Trinajstić information content (AvgIpc) is 2.79. The first-order valence-corrected chi connectivity index (χ1v) is 11.1. The Labute approximate surface area is 188 Å². The fourth-order valence-corrected chi connectivity index (χ4v) is 3.85. The zero-order valence-corrected chi connectivity index (χ0v) is 18.0. The maximum absolute atomic E-state index is 13.5. The number of carbonyl (C=O) groups excluding carboxylic acids is 2. The summed E-state index contributed by atoms with van der Waals surface area (Å²) in [5.74, 6) is -1.12. The monoisotopic (exact) mass is 436 g/mol. The van der Waals surface area contributed by atoms with Crippen LogP contribution < -0.4 is 10.8 Å². The summed E-state index contributed by atoms with van der Waals surface area (Å²) in [5, 5.41) is 11.8. The Balaban J connectivity index is 1.82. The van der Waals surface area contributed by atoms with E-state index in [1.54, 1.807) is 29.8 Å². The van der Waals surface area contributed by atoms with E-state index in [0.29, 0.717) is 11.1 Å². The van der Waals surface area contributed by atoms with Gasteiger partial charge < -0.3 is 5.32 Å². The third kappa shape index (κ3) is 7.17. The molecule has 0 aromatic heterocycles. The zero-order chi connectivity index (χ0) is 22.8. The van der Waals surface area contributed by atoms with Crippen molar-refractivity contribution in [1.29, 1.82) is 0 Å². The van der Waals surface area contributed by atoms with Gasteiger partial charge in [-0.3, -0.25) is 14.8 Å². The second-order valence-electron chi connectivity index (χ2n) is 8.06. The van der Waals surface area contributed by atoms with Gasteiger partial charge in [0.25, 0.3) is 11.8 Å². The zero-order valence-electron chi connectivity index (χ0n) is 18.0. The van der Waals surface area contributed by atoms with Crippen molar-refractivity contribution < 1.29 is 19.2 Å². The summed E-state index contributed by atoms with van der Waals surface area (Å²) in [6.45, 7) is 0. The van der Waals surface area contributed by atoms with Crippen LogP contribution >= 0.6 is 0 Å². The van der Waals surface area contributed by atoms with Crippen molar-refractivity contribution >= 4 is 29.5 Å². The molecule has 2 aromatic carbocycles. The summed E-state index contributed by atoms with van der Waals surface area (Å²) in [5.41, 5.74) is 4.25. The molecule has 3 rings (SSSR count). The number of hydroxylamine groups is 1. The van der Waals surface area contributed by atoms with Crippen molar-refractivity contribution in [3.63, 3.8) is 0 Å². The number of rotatable bonds is 6. The SMILES string of the molecule is O=C(/C=C/c1ccc(/C=C(\C(=O)NC2CCCCCCC2)c2ccc(F)cc2)cc1)NO. The van der Waals surface area contributed by atoms with Gasteiger partial charge in [-0.2, -0.15) is 0 Å². The van der Waals surface area contributed by atoms with Crippen LogP contribution in [0.5, 0.6) is 0 Å². The highest BCUT2D eigenvalue weighted by Crippen LogP contribution is 2.22. The molecule has 0 aliphatic heterocycles. The van der Waals surface area contributed by atoms with Gasteiger partial charge in [0.1, 0.15) is 5.82 Å². The normalized spacial score (nSPS) is 15.8. The number of carbonyl (C=O) groups is 2. The predicted molar refractivity (Wildman–Crippen MR) is 124 cm³/mol. The van der Waals surface area contributed by atoms with E-state index in [2.05, 4.69) is 5.32 Å². The van der Waals surface area contributed by atoms with Crippen LogP contribution in [0.3, 0.4) is 0 Å². The van der Waals surface area contributed by atoms with Crippen LogP contribution in [0, 0.1) is 5.82 Å². The lowest BCUT2D eigenvalue weighted by molar-refractivity contribution is -0.124. The Bertz CT molecular complexity index is 958. The predicted octanol–water partition coefficient (Wildman–Crippen LogP) is 5.11. The van der Waals surface area contributed by atoms with Gasteiger partial charge in [-0.15, -0.1) is 0 Å². The summed E-state index contributed by atoms with van der Waals surface area (Å²) < 4.78 is 13.5. The van der Waals surface area contributed by atoms with E-state index in [0.717, 1.165) is 36.8 Å². The molecule has 32 heavy (non-hydrogen) atoms. The summed E-state index contributed by atoms with van der Waals surface area (Å²) >= 11 is 0. The lowest BCUT2D eigenvalue weighted by Crippen LogP contribution is -2.35. The lowest BCUT2D eigenvalue weighted by atomic mass is 9.95. The molecule has 3 N–H and O–H groups in total. The Morgan fingerprint density at radius 3 is 2.09 bits per heavy atom. The third-order valence-corrected chi connectivity index (χ3v) is 5.63. The molecular formula is C26H29FN2O3. The van der Waals surface area contributed by atoms with Crippen molar-refractivity contribution in [2.24, 2.45) is 0 Å². The Morgan fingerprint density at radius 1 is 0.875 bits per heavy atom. The van der Waals surface area contributed by atoms with Crippen LogP contribution in [0.1, 0.15) is 61.6 Å². The van der Waals surface area contributed by atoms with E-state index >= 15 is 0 Å². The highest BCUT2D eigenvalue weighted by atomic mass is 19.1. The molecule has 0 atom stereocenters. The van der Waals surface area contributed by atoms with Crippen LogP contribution in [0.2, 0.25) is 0 Å². The second kappa shape index (κ2) is 12.0. The van der Waals surface area contributed by atoms with Gasteiger partial charge in [-0.1, -0.05) is 68.5 Å². The fraction of sp³-hybridized carbons (Fsp3) is 0.308. The van der Waals surface area contributed by atoms with E-state index in [-0.39, 0.29) is 17.8 Å². The molecule has 0 bridgehead atoms. The van der Waals surface area contributed by atoms with Gasteiger partial charge in [0.15, 0.2) is 0 Å². The molecular weight excluding hydrogens is 407 g/mol. The molecule has 168 valence electrons. The first-order chi connectivity index (χ1) is 15.5. The molecule has 0 radical (unpaired) electrons. The van der Waals surface area contributed by atoms with Crippen LogP contribution in [-0.2, 0) is 9.59 Å². The highest BCUT2D eigenvalue weighted by molar-refractivity contribution is 6.24. The van der Waals surface area contributed by atoms with Crippen LogP contribution in [0.15, 0.2) is 54.6 Å². The van der Waals surface area contributed by atoms with E-state index < -0.39 is 5.91 Å². The average molecular weight is 437 g/mol. The van der Waals surface area contributed by atoms with Crippen molar-refractivity contribution in [3.05, 3.63) is 77.1 Å². The molecule has 0 saturated heterocycles. The van der Waals surface area contributed by atoms with E-state index in [1.807, 2.05) is 24.3 Å². The minimum atomic E-state index is -0.613. The van der Waals surface area contributed by atoms with Gasteiger partial charge in [0, 0.05) is 17.7 Å². The van der Waals surface area contributed by atoms with E-state index in [1.165, 1.54) is 37.5 Å². The summed E-state index contributed by atoms with van der Waals surface area (Å²) in [6, 6.07) is 13.4. The molecule has 1 saturated carbocycles. The van der Waals surface area contributed by atoms with Gasteiger partial charge in [-0.25, -0.2) is 9.87 Å². The molecule has 1 aliphatic carbocycles. The molecule has 2 aromatic rings.